The quantitative estimate of drug-likeness (QED) is 0.813. The highest BCUT2D eigenvalue weighted by molar-refractivity contribution is 5.76. The molecule has 0 saturated carbocycles. The molecule has 2 heterocycles. The van der Waals surface area contributed by atoms with Crippen molar-refractivity contribution in [1.82, 2.24) is 15.1 Å². The van der Waals surface area contributed by atoms with Gasteiger partial charge in [0, 0.05) is 38.6 Å². The average molecular weight is 253 g/mol. The molecule has 2 saturated heterocycles. The molecule has 0 aromatic rings. The van der Waals surface area contributed by atoms with E-state index in [1.807, 2.05) is 0 Å². The van der Waals surface area contributed by atoms with Crippen molar-refractivity contribution in [2.75, 3.05) is 39.3 Å². The summed E-state index contributed by atoms with van der Waals surface area (Å²) in [6, 6.07) is 0.602. The number of rotatable bonds is 3. The van der Waals surface area contributed by atoms with Crippen LogP contribution in [0.2, 0.25) is 0 Å². The molecule has 1 atom stereocenters. The van der Waals surface area contributed by atoms with Gasteiger partial charge >= 0.3 is 0 Å². The van der Waals surface area contributed by atoms with Gasteiger partial charge in [0.25, 0.3) is 0 Å². The minimum absolute atomic E-state index is 0.368. The van der Waals surface area contributed by atoms with E-state index in [1.54, 1.807) is 0 Å². The molecule has 0 aromatic carbocycles. The van der Waals surface area contributed by atoms with Gasteiger partial charge in [-0.3, -0.25) is 9.69 Å². The van der Waals surface area contributed by atoms with E-state index in [-0.39, 0.29) is 0 Å². The predicted molar refractivity (Wildman–Crippen MR) is 73.5 cm³/mol. The van der Waals surface area contributed by atoms with Crippen molar-refractivity contribution in [3.8, 4) is 0 Å². The van der Waals surface area contributed by atoms with Gasteiger partial charge in [-0.2, -0.15) is 0 Å². The Labute approximate surface area is 111 Å². The van der Waals surface area contributed by atoms with E-state index in [9.17, 15) is 4.79 Å². The van der Waals surface area contributed by atoms with Crippen LogP contribution < -0.4 is 5.32 Å². The number of amides is 1. The third-order valence-electron chi connectivity index (χ3n) is 4.26. The smallest absolute Gasteiger partial charge is 0.222 e. The fraction of sp³-hybridized carbons (Fsp3) is 0.929. The summed E-state index contributed by atoms with van der Waals surface area (Å²) < 4.78 is 0. The molecule has 1 amide bonds. The fourth-order valence-corrected chi connectivity index (χ4v) is 2.96. The lowest BCUT2D eigenvalue weighted by Gasteiger charge is -2.37. The average Bonchev–Trinajstić information content (AvgIpc) is 2.40. The lowest BCUT2D eigenvalue weighted by molar-refractivity contribution is -0.134. The topological polar surface area (TPSA) is 35.6 Å². The number of piperidine rings is 1. The highest BCUT2D eigenvalue weighted by atomic mass is 16.2. The number of nitrogens with one attached hydrogen (secondary N) is 1. The third kappa shape index (κ3) is 3.69. The van der Waals surface area contributed by atoms with Crippen LogP contribution in [-0.2, 0) is 4.79 Å². The number of hydrogen-bond donors (Lipinski definition) is 1. The Kier molecular flexibility index (Phi) is 5.01. The largest absolute Gasteiger partial charge is 0.340 e. The van der Waals surface area contributed by atoms with Crippen LogP contribution in [0.3, 0.4) is 0 Å². The van der Waals surface area contributed by atoms with Crippen LogP contribution >= 0.6 is 0 Å². The molecule has 104 valence electrons. The number of piperazine rings is 1. The van der Waals surface area contributed by atoms with Crippen molar-refractivity contribution >= 4 is 5.91 Å². The molecule has 2 rings (SSSR count). The van der Waals surface area contributed by atoms with E-state index >= 15 is 0 Å². The predicted octanol–water partition coefficient (Wildman–Crippen LogP) is 0.929. The van der Waals surface area contributed by atoms with Gasteiger partial charge in [-0.05, 0) is 45.7 Å². The molecule has 0 bridgehead atoms. The first kappa shape index (κ1) is 13.8. The van der Waals surface area contributed by atoms with Crippen LogP contribution in [0.5, 0.6) is 0 Å². The molecule has 4 heteroatoms. The summed E-state index contributed by atoms with van der Waals surface area (Å²) in [6.07, 6.45) is 3.18. The minimum Gasteiger partial charge on any atom is -0.340 e. The number of nitrogens with zero attached hydrogens (tertiary/aromatic N) is 2. The molecule has 18 heavy (non-hydrogen) atoms. The highest BCUT2D eigenvalue weighted by Gasteiger charge is 2.24. The molecule has 0 radical (unpaired) electrons. The summed E-state index contributed by atoms with van der Waals surface area (Å²) in [6.45, 7) is 10.5. The summed E-state index contributed by atoms with van der Waals surface area (Å²) in [4.78, 5) is 16.7. The maximum Gasteiger partial charge on any atom is 0.222 e. The summed E-state index contributed by atoms with van der Waals surface area (Å²) in [5, 5.41) is 3.39. The highest BCUT2D eigenvalue weighted by Crippen LogP contribution is 2.16. The molecule has 2 aliphatic rings. The lowest BCUT2D eigenvalue weighted by atomic mass is 9.95. The van der Waals surface area contributed by atoms with Gasteiger partial charge in [-0.15, -0.1) is 0 Å². The van der Waals surface area contributed by atoms with Crippen LogP contribution in [0, 0.1) is 5.92 Å². The number of carbonyl (C=O) groups is 1. The standard InChI is InChI=1S/C14H27N3O/c1-12(2)16-6-8-17(9-7-16)14(18)10-13-4-3-5-15-11-13/h12-13,15H,3-11H2,1-2H3. The van der Waals surface area contributed by atoms with E-state index in [1.165, 1.54) is 12.8 Å². The monoisotopic (exact) mass is 253 g/mol. The first-order chi connectivity index (χ1) is 8.66. The Bertz CT molecular complexity index is 266. The van der Waals surface area contributed by atoms with Crippen molar-refractivity contribution in [3.05, 3.63) is 0 Å². The molecule has 4 nitrogen and oxygen atoms in total. The Hall–Kier alpha value is -0.610. The Morgan fingerprint density at radius 2 is 2.00 bits per heavy atom. The van der Waals surface area contributed by atoms with Gasteiger partial charge in [0.1, 0.15) is 0 Å². The Morgan fingerprint density at radius 3 is 2.56 bits per heavy atom. The van der Waals surface area contributed by atoms with E-state index in [0.717, 1.165) is 45.7 Å². The molecule has 1 N–H and O–H groups in total. The van der Waals surface area contributed by atoms with Crippen molar-refractivity contribution in [1.29, 1.82) is 0 Å². The molecule has 2 fully saturated rings. The summed E-state index contributed by atoms with van der Waals surface area (Å²) in [5.74, 6) is 0.932. The van der Waals surface area contributed by atoms with E-state index in [4.69, 9.17) is 0 Å². The van der Waals surface area contributed by atoms with E-state index in [0.29, 0.717) is 17.9 Å². The SMILES string of the molecule is CC(C)N1CCN(C(=O)CC2CCCNC2)CC1. The molecular formula is C14H27N3O. The zero-order valence-corrected chi connectivity index (χ0v) is 11.8. The van der Waals surface area contributed by atoms with Crippen LogP contribution in [0.15, 0.2) is 0 Å². The summed E-state index contributed by atoms with van der Waals surface area (Å²) in [7, 11) is 0. The normalized spacial score (nSPS) is 26.6. The van der Waals surface area contributed by atoms with Crippen LogP contribution in [0.4, 0.5) is 0 Å². The van der Waals surface area contributed by atoms with Crippen molar-refractivity contribution in [2.24, 2.45) is 5.92 Å². The zero-order chi connectivity index (χ0) is 13.0. The van der Waals surface area contributed by atoms with Crippen LogP contribution in [0.25, 0.3) is 0 Å². The van der Waals surface area contributed by atoms with Gasteiger partial charge in [-0.25, -0.2) is 0 Å². The second kappa shape index (κ2) is 6.53. The summed E-state index contributed by atoms with van der Waals surface area (Å²) >= 11 is 0. The van der Waals surface area contributed by atoms with Gasteiger partial charge in [0.2, 0.25) is 5.91 Å². The number of hydrogen-bond acceptors (Lipinski definition) is 3. The second-order valence-electron chi connectivity index (χ2n) is 5.93. The maximum atomic E-state index is 12.2. The van der Waals surface area contributed by atoms with Crippen molar-refractivity contribution in [3.63, 3.8) is 0 Å². The minimum atomic E-state index is 0.368. The van der Waals surface area contributed by atoms with Gasteiger partial charge < -0.3 is 10.2 Å². The lowest BCUT2D eigenvalue weighted by Crippen LogP contribution is -2.51. The van der Waals surface area contributed by atoms with Crippen molar-refractivity contribution in [2.45, 2.75) is 39.2 Å². The molecular weight excluding hydrogens is 226 g/mol. The third-order valence-corrected chi connectivity index (χ3v) is 4.26. The zero-order valence-electron chi connectivity index (χ0n) is 11.8. The van der Waals surface area contributed by atoms with Crippen LogP contribution in [0.1, 0.15) is 33.1 Å². The summed E-state index contributed by atoms with van der Waals surface area (Å²) in [5.41, 5.74) is 0. The van der Waals surface area contributed by atoms with Gasteiger partial charge in [0.05, 0.1) is 0 Å². The molecule has 1 unspecified atom stereocenters. The second-order valence-corrected chi connectivity index (χ2v) is 5.93. The molecule has 2 aliphatic heterocycles. The first-order valence-corrected chi connectivity index (χ1v) is 7.39. The van der Waals surface area contributed by atoms with Crippen molar-refractivity contribution < 1.29 is 4.79 Å². The maximum absolute atomic E-state index is 12.2. The van der Waals surface area contributed by atoms with Gasteiger partial charge in [0.15, 0.2) is 0 Å². The molecule has 0 aliphatic carbocycles. The molecule has 0 aromatic heterocycles. The Balaban J connectivity index is 1.73. The van der Waals surface area contributed by atoms with E-state index in [2.05, 4.69) is 29.0 Å². The van der Waals surface area contributed by atoms with Gasteiger partial charge in [-0.1, -0.05) is 0 Å². The van der Waals surface area contributed by atoms with Crippen LogP contribution in [-0.4, -0.2) is 61.0 Å². The van der Waals surface area contributed by atoms with E-state index < -0.39 is 0 Å². The molecule has 0 spiro atoms. The Morgan fingerprint density at radius 1 is 1.28 bits per heavy atom. The fourth-order valence-electron chi connectivity index (χ4n) is 2.96. The number of carbonyl (C=O) groups excluding carboxylic acids is 1. The first-order valence-electron chi connectivity index (χ1n) is 7.39.